The third kappa shape index (κ3) is 6.71. The molecule has 1 aliphatic heterocycles. The van der Waals surface area contributed by atoms with Crippen LogP contribution in [-0.2, 0) is 25.5 Å². The van der Waals surface area contributed by atoms with E-state index >= 15 is 0 Å². The summed E-state index contributed by atoms with van der Waals surface area (Å²) in [5.41, 5.74) is 0.667. The van der Waals surface area contributed by atoms with Crippen LogP contribution in [0, 0.1) is 5.92 Å². The van der Waals surface area contributed by atoms with Crippen molar-refractivity contribution in [2.75, 3.05) is 33.3 Å². The van der Waals surface area contributed by atoms with Crippen LogP contribution in [0.2, 0.25) is 10.0 Å². The van der Waals surface area contributed by atoms with E-state index in [1.807, 2.05) is 0 Å². The van der Waals surface area contributed by atoms with Crippen molar-refractivity contribution >= 4 is 41.0 Å². The van der Waals surface area contributed by atoms with Crippen LogP contribution in [-0.4, -0.2) is 65.9 Å². The average molecular weight is 496 g/mol. The van der Waals surface area contributed by atoms with Gasteiger partial charge in [0.1, 0.15) is 0 Å². The quantitative estimate of drug-likeness (QED) is 0.516. The number of ether oxygens (including phenoxy) is 1. The van der Waals surface area contributed by atoms with Crippen molar-refractivity contribution in [3.8, 4) is 11.3 Å². The number of likely N-dealkylation sites (N-methyl/N-ethyl adjacent to an activating group) is 1. The molecule has 33 heavy (non-hydrogen) atoms. The molecule has 2 heterocycles. The van der Waals surface area contributed by atoms with Gasteiger partial charge in [-0.3, -0.25) is 14.4 Å². The van der Waals surface area contributed by atoms with Gasteiger partial charge in [-0.25, -0.2) is 4.98 Å². The Morgan fingerprint density at radius 2 is 1.97 bits per heavy atom. The Morgan fingerprint density at radius 3 is 2.64 bits per heavy atom. The summed E-state index contributed by atoms with van der Waals surface area (Å²) in [5.74, 6) is 0.212. The first kappa shape index (κ1) is 25.1. The summed E-state index contributed by atoms with van der Waals surface area (Å²) in [5, 5.41) is 0.973. The molecule has 2 aromatic rings. The minimum Gasteiger partial charge on any atom is -0.466 e. The number of carbonyl (C=O) groups excluding carboxylic acids is 3. The number of aryl methyl sites for hydroxylation is 1. The van der Waals surface area contributed by atoms with Gasteiger partial charge < -0.3 is 19.0 Å². The zero-order chi connectivity index (χ0) is 24.0. The number of rotatable bonds is 8. The summed E-state index contributed by atoms with van der Waals surface area (Å²) in [6.07, 6.45) is 3.16. The zero-order valence-corrected chi connectivity index (χ0v) is 20.2. The molecule has 0 N–H and O–H groups in total. The first-order chi connectivity index (χ1) is 15.8. The van der Waals surface area contributed by atoms with Crippen LogP contribution >= 0.6 is 23.2 Å². The lowest BCUT2D eigenvalue weighted by Gasteiger charge is -2.32. The largest absolute Gasteiger partial charge is 0.466 e. The van der Waals surface area contributed by atoms with Crippen LogP contribution in [0.15, 0.2) is 28.8 Å². The van der Waals surface area contributed by atoms with Gasteiger partial charge in [0.2, 0.25) is 11.8 Å². The van der Waals surface area contributed by atoms with Crippen molar-refractivity contribution in [1.29, 1.82) is 0 Å². The summed E-state index contributed by atoms with van der Waals surface area (Å²) in [6, 6.07) is 5.07. The van der Waals surface area contributed by atoms with E-state index in [1.165, 1.54) is 4.90 Å². The maximum absolute atomic E-state index is 12.6. The molecule has 0 bridgehead atoms. The number of nitrogens with zero attached hydrogens (tertiary/aromatic N) is 3. The highest BCUT2D eigenvalue weighted by Crippen LogP contribution is 2.31. The second-order valence-corrected chi connectivity index (χ2v) is 8.74. The summed E-state index contributed by atoms with van der Waals surface area (Å²) in [6.45, 7) is 3.08. The lowest BCUT2D eigenvalue weighted by Crippen LogP contribution is -2.45. The summed E-state index contributed by atoms with van der Waals surface area (Å²) in [4.78, 5) is 44.2. The molecular formula is C23H27Cl2N3O5. The lowest BCUT2D eigenvalue weighted by molar-refractivity contribution is -0.151. The van der Waals surface area contributed by atoms with Gasteiger partial charge >= 0.3 is 5.97 Å². The number of piperidine rings is 1. The van der Waals surface area contributed by atoms with Gasteiger partial charge in [0, 0.05) is 43.6 Å². The molecule has 8 nitrogen and oxygen atoms in total. The molecule has 0 spiro atoms. The van der Waals surface area contributed by atoms with Crippen LogP contribution in [0.3, 0.4) is 0 Å². The van der Waals surface area contributed by atoms with Crippen molar-refractivity contribution in [3.05, 3.63) is 40.3 Å². The molecule has 1 fully saturated rings. The Balaban J connectivity index is 1.45. The molecule has 1 aromatic carbocycles. The standard InChI is InChI=1S/C23H27Cl2N3O5/c1-3-32-23(31)15-8-10-28(11-9-15)22(30)14-27(2)21(29)7-6-20-26-13-19(33-20)17-5-4-16(24)12-18(17)25/h4-5,12-13,15H,3,6-11,14H2,1-2H3. The Hall–Kier alpha value is -2.58. The van der Waals surface area contributed by atoms with Crippen molar-refractivity contribution in [1.82, 2.24) is 14.8 Å². The highest BCUT2D eigenvalue weighted by atomic mass is 35.5. The van der Waals surface area contributed by atoms with Crippen LogP contribution in [0.4, 0.5) is 0 Å². The minimum absolute atomic E-state index is 0.0138. The van der Waals surface area contributed by atoms with Gasteiger partial charge in [0.25, 0.3) is 0 Å². The van der Waals surface area contributed by atoms with E-state index in [4.69, 9.17) is 32.4 Å². The number of likely N-dealkylation sites (tertiary alicyclic amines) is 1. The first-order valence-electron chi connectivity index (χ1n) is 10.9. The number of oxazole rings is 1. The molecule has 0 saturated carbocycles. The number of halogens is 2. The van der Waals surface area contributed by atoms with Crippen molar-refractivity contribution in [3.63, 3.8) is 0 Å². The Labute approximate surface area is 202 Å². The Bertz CT molecular complexity index is 1000. The monoisotopic (exact) mass is 495 g/mol. The smallest absolute Gasteiger partial charge is 0.309 e. The van der Waals surface area contributed by atoms with Gasteiger partial charge in [-0.05, 0) is 38.0 Å². The molecular weight excluding hydrogens is 469 g/mol. The minimum atomic E-state index is -0.204. The molecule has 0 radical (unpaired) electrons. The molecule has 178 valence electrons. The molecule has 0 aliphatic carbocycles. The predicted molar refractivity (Wildman–Crippen MR) is 124 cm³/mol. The predicted octanol–water partition coefficient (Wildman–Crippen LogP) is 3.84. The SMILES string of the molecule is CCOC(=O)C1CCN(C(=O)CN(C)C(=O)CCc2ncc(-c3ccc(Cl)cc3Cl)o2)CC1. The van der Waals surface area contributed by atoms with E-state index in [0.29, 0.717) is 66.2 Å². The number of aromatic nitrogens is 1. The van der Waals surface area contributed by atoms with Crippen molar-refractivity contribution in [2.24, 2.45) is 5.92 Å². The third-order valence-electron chi connectivity index (χ3n) is 5.57. The summed E-state index contributed by atoms with van der Waals surface area (Å²) in [7, 11) is 1.60. The van der Waals surface area contributed by atoms with Gasteiger partial charge in [-0.1, -0.05) is 23.2 Å². The maximum atomic E-state index is 12.6. The average Bonchev–Trinajstić information content (AvgIpc) is 3.26. The second-order valence-electron chi connectivity index (χ2n) is 7.90. The van der Waals surface area contributed by atoms with Gasteiger partial charge in [-0.15, -0.1) is 0 Å². The van der Waals surface area contributed by atoms with Crippen molar-refractivity contribution < 1.29 is 23.5 Å². The summed E-state index contributed by atoms with van der Waals surface area (Å²) >= 11 is 12.1. The number of esters is 1. The van der Waals surface area contributed by atoms with E-state index in [9.17, 15) is 14.4 Å². The highest BCUT2D eigenvalue weighted by molar-refractivity contribution is 6.36. The summed E-state index contributed by atoms with van der Waals surface area (Å²) < 4.78 is 10.8. The Kier molecular flexibility index (Phi) is 8.74. The van der Waals surface area contributed by atoms with E-state index in [-0.39, 0.29) is 36.7 Å². The number of amides is 2. The molecule has 0 atom stereocenters. The third-order valence-corrected chi connectivity index (χ3v) is 6.12. The molecule has 1 aliphatic rings. The fraction of sp³-hybridized carbons (Fsp3) is 0.478. The zero-order valence-electron chi connectivity index (χ0n) is 18.7. The molecule has 1 aromatic heterocycles. The maximum Gasteiger partial charge on any atom is 0.309 e. The molecule has 10 heteroatoms. The normalized spacial score (nSPS) is 14.2. The van der Waals surface area contributed by atoms with Crippen LogP contribution in [0.5, 0.6) is 0 Å². The second kappa shape index (κ2) is 11.5. The van der Waals surface area contributed by atoms with Crippen LogP contribution in [0.1, 0.15) is 32.1 Å². The van der Waals surface area contributed by atoms with Gasteiger partial charge in [0.05, 0.1) is 30.3 Å². The van der Waals surface area contributed by atoms with E-state index in [0.717, 1.165) is 0 Å². The fourth-order valence-electron chi connectivity index (χ4n) is 3.66. The topological polar surface area (TPSA) is 93.0 Å². The Morgan fingerprint density at radius 1 is 1.24 bits per heavy atom. The van der Waals surface area contributed by atoms with Crippen molar-refractivity contribution in [2.45, 2.75) is 32.6 Å². The number of hydrogen-bond donors (Lipinski definition) is 0. The lowest BCUT2D eigenvalue weighted by atomic mass is 9.97. The van der Waals surface area contributed by atoms with Gasteiger partial charge in [0.15, 0.2) is 11.7 Å². The number of benzene rings is 1. The highest BCUT2D eigenvalue weighted by Gasteiger charge is 2.29. The van der Waals surface area contributed by atoms with Gasteiger partial charge in [-0.2, -0.15) is 0 Å². The van der Waals surface area contributed by atoms with E-state index in [2.05, 4.69) is 4.98 Å². The molecule has 3 rings (SSSR count). The number of hydrogen-bond acceptors (Lipinski definition) is 6. The fourth-order valence-corrected chi connectivity index (χ4v) is 4.16. The molecule has 2 amide bonds. The van der Waals surface area contributed by atoms with E-state index < -0.39 is 0 Å². The van der Waals surface area contributed by atoms with E-state index in [1.54, 1.807) is 43.3 Å². The molecule has 1 saturated heterocycles. The number of carbonyl (C=O) groups is 3. The molecule has 0 unspecified atom stereocenters. The van der Waals surface area contributed by atoms with Crippen LogP contribution in [0.25, 0.3) is 11.3 Å². The van der Waals surface area contributed by atoms with Crippen LogP contribution < -0.4 is 0 Å². The first-order valence-corrected chi connectivity index (χ1v) is 11.6.